The minimum atomic E-state index is -1.41. The fourth-order valence-electron chi connectivity index (χ4n) is 3.88. The van der Waals surface area contributed by atoms with E-state index in [9.17, 15) is 24.4 Å². The van der Waals surface area contributed by atoms with Gasteiger partial charge in [0.2, 0.25) is 0 Å². The van der Waals surface area contributed by atoms with Crippen LogP contribution in [0.5, 0.6) is 0 Å². The monoisotopic (exact) mass is 630 g/mol. The Morgan fingerprint density at radius 2 is 1.13 bits per heavy atom. The molecule has 1 fully saturated rings. The first kappa shape index (κ1) is 37.7. The number of hydrogen-bond donors (Lipinski definition) is 1. The van der Waals surface area contributed by atoms with E-state index in [1.165, 1.54) is 0 Å². The van der Waals surface area contributed by atoms with Gasteiger partial charge < -0.3 is 23.7 Å². The van der Waals surface area contributed by atoms with E-state index in [1.54, 1.807) is 113 Å². The second kappa shape index (κ2) is 14.3. The number of nitriles is 1. The molecule has 0 aliphatic carbocycles. The molecule has 2 rings (SSSR count). The van der Waals surface area contributed by atoms with E-state index in [1.807, 2.05) is 0 Å². The molecule has 1 aliphatic heterocycles. The predicted octanol–water partition coefficient (Wildman–Crippen LogP) is 5.03. The Balaban J connectivity index is 2.74. The number of rotatable bonds is 8. The highest BCUT2D eigenvalue weighted by Crippen LogP contribution is 2.34. The summed E-state index contributed by atoms with van der Waals surface area (Å²) in [6.07, 6.45) is -6.59. The van der Waals surface area contributed by atoms with E-state index >= 15 is 0 Å². The lowest BCUT2D eigenvalue weighted by molar-refractivity contribution is -0.265. The fourth-order valence-corrected chi connectivity index (χ4v) is 3.88. The lowest BCUT2D eigenvalue weighted by Crippen LogP contribution is -2.66. The fraction of sp³-hybridized carbons (Fsp3) is 0.676. The van der Waals surface area contributed by atoms with Crippen molar-refractivity contribution in [1.82, 2.24) is 5.32 Å². The summed E-state index contributed by atoms with van der Waals surface area (Å²) in [5.74, 6) is -2.50. The molecule has 0 saturated carbocycles. The van der Waals surface area contributed by atoms with Crippen molar-refractivity contribution in [2.75, 3.05) is 6.61 Å². The van der Waals surface area contributed by atoms with Crippen molar-refractivity contribution in [1.29, 1.82) is 5.26 Å². The van der Waals surface area contributed by atoms with Gasteiger partial charge in [0, 0.05) is 0 Å². The Morgan fingerprint density at radius 3 is 1.56 bits per heavy atom. The van der Waals surface area contributed by atoms with Crippen molar-refractivity contribution < 1.29 is 42.9 Å². The van der Waals surface area contributed by atoms with Gasteiger partial charge in [-0.05, 0) is 88.6 Å². The average molecular weight is 631 g/mol. The molecule has 11 heteroatoms. The normalized spacial score (nSPS) is 23.2. The lowest BCUT2D eigenvalue weighted by atomic mass is 9.92. The molecule has 0 radical (unpaired) electrons. The minimum Gasteiger partial charge on any atom is -0.462 e. The lowest BCUT2D eigenvalue weighted by Gasteiger charge is -2.46. The molecule has 0 spiro atoms. The summed E-state index contributed by atoms with van der Waals surface area (Å²) >= 11 is 0. The SMILES string of the molecule is CC(C)(C)C(=O)OC[C@H]1O[C@@H](NC(C#N)c2ccccc2)[C@H](OC(=O)C(C)(C)C)[C@@H](OC(=O)C(C)(C)C)[C@@H]1OC(=O)C(C)(C)C. The Bertz CT molecular complexity index is 1240. The highest BCUT2D eigenvalue weighted by atomic mass is 16.7. The largest absolute Gasteiger partial charge is 0.462 e. The number of nitrogens with one attached hydrogen (secondary N) is 1. The van der Waals surface area contributed by atoms with Crippen LogP contribution < -0.4 is 5.32 Å². The molecule has 11 nitrogen and oxygen atoms in total. The smallest absolute Gasteiger partial charge is 0.311 e. The van der Waals surface area contributed by atoms with Crippen LogP contribution in [-0.2, 0) is 42.9 Å². The zero-order valence-electron chi connectivity index (χ0n) is 28.7. The van der Waals surface area contributed by atoms with Gasteiger partial charge >= 0.3 is 23.9 Å². The highest BCUT2D eigenvalue weighted by molar-refractivity contribution is 5.78. The van der Waals surface area contributed by atoms with Crippen LogP contribution in [0.3, 0.4) is 0 Å². The van der Waals surface area contributed by atoms with Crippen molar-refractivity contribution in [2.45, 2.75) is 120 Å². The molecule has 0 aromatic heterocycles. The number of benzene rings is 1. The minimum absolute atomic E-state index is 0.386. The van der Waals surface area contributed by atoms with Gasteiger partial charge in [0.05, 0.1) is 27.7 Å². The van der Waals surface area contributed by atoms with Gasteiger partial charge in [0.25, 0.3) is 0 Å². The van der Waals surface area contributed by atoms with Gasteiger partial charge in [-0.1, -0.05) is 30.3 Å². The summed E-state index contributed by atoms with van der Waals surface area (Å²) in [5.41, 5.74) is -3.20. The molecular formula is C34H50N2O9. The third kappa shape index (κ3) is 10.5. The van der Waals surface area contributed by atoms with Crippen molar-refractivity contribution in [3.63, 3.8) is 0 Å². The van der Waals surface area contributed by atoms with E-state index in [4.69, 9.17) is 23.7 Å². The second-order valence-corrected chi connectivity index (χ2v) is 15.4. The maximum absolute atomic E-state index is 13.4. The molecule has 1 aliphatic rings. The Kier molecular flexibility index (Phi) is 12.0. The highest BCUT2D eigenvalue weighted by Gasteiger charge is 2.55. The van der Waals surface area contributed by atoms with Crippen LogP contribution in [0.25, 0.3) is 0 Å². The molecule has 1 N–H and O–H groups in total. The van der Waals surface area contributed by atoms with Crippen LogP contribution in [0.2, 0.25) is 0 Å². The summed E-state index contributed by atoms with van der Waals surface area (Å²) in [5, 5.41) is 13.2. The number of ether oxygens (including phenoxy) is 5. The first-order valence-corrected chi connectivity index (χ1v) is 15.1. The predicted molar refractivity (Wildman–Crippen MR) is 165 cm³/mol. The number of carbonyl (C=O) groups excluding carboxylic acids is 4. The van der Waals surface area contributed by atoms with Crippen LogP contribution in [0.1, 0.15) is 94.7 Å². The molecule has 6 atom stereocenters. The third-order valence-electron chi connectivity index (χ3n) is 6.78. The molecule has 1 aromatic carbocycles. The molecule has 1 aromatic rings. The van der Waals surface area contributed by atoms with Gasteiger partial charge in [0.1, 0.15) is 18.8 Å². The summed E-state index contributed by atoms with van der Waals surface area (Å²) < 4.78 is 29.9. The van der Waals surface area contributed by atoms with Crippen LogP contribution in [-0.4, -0.2) is 61.1 Å². The van der Waals surface area contributed by atoms with Gasteiger partial charge in [-0.3, -0.25) is 24.5 Å². The third-order valence-corrected chi connectivity index (χ3v) is 6.78. The zero-order chi connectivity index (χ0) is 34.5. The van der Waals surface area contributed by atoms with E-state index in [2.05, 4.69) is 11.4 Å². The van der Waals surface area contributed by atoms with Crippen molar-refractivity contribution in [2.24, 2.45) is 21.7 Å². The topological polar surface area (TPSA) is 150 Å². The first-order valence-electron chi connectivity index (χ1n) is 15.1. The maximum atomic E-state index is 13.4. The van der Waals surface area contributed by atoms with Gasteiger partial charge in [-0.2, -0.15) is 5.26 Å². The van der Waals surface area contributed by atoms with Crippen LogP contribution in [0.4, 0.5) is 0 Å². The van der Waals surface area contributed by atoms with Crippen molar-refractivity contribution in [3.05, 3.63) is 35.9 Å². The molecule has 0 amide bonds. The zero-order valence-corrected chi connectivity index (χ0v) is 28.7. The van der Waals surface area contributed by atoms with E-state index in [0.717, 1.165) is 0 Å². The van der Waals surface area contributed by atoms with E-state index < -0.39 is 82.2 Å². The summed E-state index contributed by atoms with van der Waals surface area (Å²) in [6.45, 7) is 19.6. The molecule has 250 valence electrons. The van der Waals surface area contributed by atoms with Crippen LogP contribution in [0, 0.1) is 33.0 Å². The quantitative estimate of drug-likeness (QED) is 0.304. The molecule has 0 bridgehead atoms. The molecule has 45 heavy (non-hydrogen) atoms. The average Bonchev–Trinajstić information content (AvgIpc) is 2.91. The summed E-state index contributed by atoms with van der Waals surface area (Å²) in [7, 11) is 0. The van der Waals surface area contributed by atoms with Gasteiger partial charge in [-0.25, -0.2) is 0 Å². The molecule has 1 heterocycles. The number of hydrogen-bond acceptors (Lipinski definition) is 11. The number of esters is 4. The van der Waals surface area contributed by atoms with Crippen molar-refractivity contribution in [3.8, 4) is 6.07 Å². The van der Waals surface area contributed by atoms with E-state index in [-0.39, 0.29) is 6.61 Å². The Hall–Kier alpha value is -3.49. The van der Waals surface area contributed by atoms with Crippen LogP contribution in [0.15, 0.2) is 30.3 Å². The molecule has 1 saturated heterocycles. The maximum Gasteiger partial charge on any atom is 0.311 e. The van der Waals surface area contributed by atoms with Gasteiger partial charge in [0.15, 0.2) is 24.5 Å². The number of nitrogens with zero attached hydrogens (tertiary/aromatic N) is 1. The van der Waals surface area contributed by atoms with E-state index in [0.29, 0.717) is 5.56 Å². The van der Waals surface area contributed by atoms with Crippen molar-refractivity contribution >= 4 is 23.9 Å². The summed E-state index contributed by atoms with van der Waals surface area (Å²) in [6, 6.07) is 10.1. The molecular weight excluding hydrogens is 580 g/mol. The second-order valence-electron chi connectivity index (χ2n) is 15.4. The summed E-state index contributed by atoms with van der Waals surface area (Å²) in [4.78, 5) is 52.8. The Labute approximate surface area is 267 Å². The van der Waals surface area contributed by atoms with Gasteiger partial charge in [-0.15, -0.1) is 0 Å². The van der Waals surface area contributed by atoms with Crippen LogP contribution >= 0.6 is 0 Å². The number of carbonyl (C=O) groups is 4. The Morgan fingerprint density at radius 1 is 0.711 bits per heavy atom. The first-order chi connectivity index (χ1) is 20.5. The molecule has 1 unspecified atom stereocenters. The standard InChI is InChI=1S/C34H50N2O9/c1-31(2,3)27(37)41-19-22-23(43-28(38)32(4,5)6)24(44-29(39)33(7,8)9)25(45-30(40)34(10,11)12)26(42-22)36-21(18-35)20-16-14-13-15-17-20/h13-17,21-26,36H,19H2,1-12H3/t21?,22-,23-,24+,25-,26-/m1/s1.